The van der Waals surface area contributed by atoms with Gasteiger partial charge in [0.15, 0.2) is 0 Å². The van der Waals surface area contributed by atoms with Crippen LogP contribution < -0.4 is 9.47 Å². The Morgan fingerprint density at radius 2 is 2.21 bits per heavy atom. The van der Waals surface area contributed by atoms with E-state index in [1.165, 1.54) is 0 Å². The second-order valence-electron chi connectivity index (χ2n) is 4.32. The first-order chi connectivity index (χ1) is 9.11. The molecule has 0 spiro atoms. The minimum absolute atomic E-state index is 0.344. The van der Waals surface area contributed by atoms with E-state index in [0.29, 0.717) is 18.1 Å². The van der Waals surface area contributed by atoms with Crippen LogP contribution in [0, 0.1) is 0 Å². The molecule has 1 atom stereocenters. The van der Waals surface area contributed by atoms with Crippen molar-refractivity contribution >= 4 is 0 Å². The molecule has 19 heavy (non-hydrogen) atoms. The van der Waals surface area contributed by atoms with Crippen molar-refractivity contribution in [2.45, 2.75) is 19.6 Å². The molecule has 0 saturated carbocycles. The van der Waals surface area contributed by atoms with E-state index < -0.39 is 6.10 Å². The third-order valence-corrected chi connectivity index (χ3v) is 2.95. The van der Waals surface area contributed by atoms with Crippen molar-refractivity contribution in [2.75, 3.05) is 7.11 Å². The zero-order valence-corrected chi connectivity index (χ0v) is 11.3. The molecule has 0 unspecified atom stereocenters. The van der Waals surface area contributed by atoms with Gasteiger partial charge < -0.3 is 19.1 Å². The maximum Gasteiger partial charge on any atom is 0.146 e. The maximum atomic E-state index is 9.74. The van der Waals surface area contributed by atoms with Crippen molar-refractivity contribution in [3.8, 4) is 11.5 Å². The van der Waals surface area contributed by atoms with Gasteiger partial charge in [0, 0.05) is 31.1 Å². The molecule has 5 heteroatoms. The monoisotopic (exact) mass is 262 g/mol. The first kappa shape index (κ1) is 13.4. The van der Waals surface area contributed by atoms with Gasteiger partial charge in [-0.15, -0.1) is 0 Å². The van der Waals surface area contributed by atoms with Crippen LogP contribution in [0.2, 0.25) is 0 Å². The summed E-state index contributed by atoms with van der Waals surface area (Å²) in [5, 5.41) is 9.74. The number of methoxy groups -OCH3 is 1. The third-order valence-electron chi connectivity index (χ3n) is 2.95. The topological polar surface area (TPSA) is 56.5 Å². The van der Waals surface area contributed by atoms with Crippen LogP contribution in [0.4, 0.5) is 0 Å². The van der Waals surface area contributed by atoms with Crippen molar-refractivity contribution < 1.29 is 14.6 Å². The molecule has 0 bridgehead atoms. The van der Waals surface area contributed by atoms with Gasteiger partial charge in [0.1, 0.15) is 23.9 Å². The van der Waals surface area contributed by atoms with E-state index in [1.54, 1.807) is 38.4 Å². The number of aryl methyl sites for hydroxylation is 1. The number of hydrogen-bond donors (Lipinski definition) is 1. The average Bonchev–Trinajstić information content (AvgIpc) is 2.81. The van der Waals surface area contributed by atoms with Crippen LogP contribution in [0.3, 0.4) is 0 Å². The summed E-state index contributed by atoms with van der Waals surface area (Å²) < 4.78 is 12.8. The van der Waals surface area contributed by atoms with Crippen LogP contribution in [0.5, 0.6) is 11.5 Å². The fourth-order valence-corrected chi connectivity index (χ4v) is 1.79. The molecule has 1 aromatic carbocycles. The van der Waals surface area contributed by atoms with E-state index in [0.717, 1.165) is 11.4 Å². The molecule has 0 radical (unpaired) electrons. The van der Waals surface area contributed by atoms with Crippen molar-refractivity contribution in [3.05, 3.63) is 42.0 Å². The Morgan fingerprint density at radius 3 is 2.79 bits per heavy atom. The number of aromatic nitrogens is 2. The fraction of sp³-hybridized carbons (Fsp3) is 0.357. The average molecular weight is 262 g/mol. The maximum absolute atomic E-state index is 9.74. The first-order valence-corrected chi connectivity index (χ1v) is 6.07. The molecule has 0 aliphatic rings. The largest absolute Gasteiger partial charge is 0.497 e. The Morgan fingerprint density at radius 1 is 1.42 bits per heavy atom. The highest BCUT2D eigenvalue weighted by molar-refractivity contribution is 5.41. The van der Waals surface area contributed by atoms with Crippen LogP contribution in [-0.2, 0) is 13.7 Å². The molecule has 0 saturated heterocycles. The number of aliphatic hydroxyl groups is 1. The minimum Gasteiger partial charge on any atom is -0.497 e. The van der Waals surface area contributed by atoms with Gasteiger partial charge in [-0.1, -0.05) is 0 Å². The molecule has 0 aliphatic heterocycles. The second kappa shape index (κ2) is 5.75. The first-order valence-electron chi connectivity index (χ1n) is 6.07. The van der Waals surface area contributed by atoms with Crippen LogP contribution in [0.15, 0.2) is 30.6 Å². The highest BCUT2D eigenvalue weighted by atomic mass is 16.5. The van der Waals surface area contributed by atoms with Gasteiger partial charge in [-0.25, -0.2) is 4.98 Å². The molecular weight excluding hydrogens is 244 g/mol. The predicted molar refractivity (Wildman–Crippen MR) is 71.2 cm³/mol. The highest BCUT2D eigenvalue weighted by Crippen LogP contribution is 2.29. The fourth-order valence-electron chi connectivity index (χ4n) is 1.79. The summed E-state index contributed by atoms with van der Waals surface area (Å²) in [6.07, 6.45) is 2.99. The Kier molecular flexibility index (Phi) is 4.06. The quantitative estimate of drug-likeness (QED) is 0.896. The third kappa shape index (κ3) is 3.06. The standard InChI is InChI=1S/C14H18N2O3/c1-10(17)12-5-4-11(18-3)8-13(12)19-9-14-15-6-7-16(14)2/h4-8,10,17H,9H2,1-3H3/t10-/m0/s1. The highest BCUT2D eigenvalue weighted by Gasteiger charge is 2.11. The molecule has 0 aliphatic carbocycles. The second-order valence-corrected chi connectivity index (χ2v) is 4.32. The molecule has 1 heterocycles. The lowest BCUT2D eigenvalue weighted by molar-refractivity contribution is 0.189. The molecule has 1 N–H and O–H groups in total. The van der Waals surface area contributed by atoms with Crippen LogP contribution in [0.25, 0.3) is 0 Å². The SMILES string of the molecule is COc1ccc([C@H](C)O)c(OCc2nccn2C)c1. The van der Waals surface area contributed by atoms with Crippen LogP contribution in [0.1, 0.15) is 24.4 Å². The van der Waals surface area contributed by atoms with Gasteiger partial charge in [0.2, 0.25) is 0 Å². The molecule has 0 fully saturated rings. The van der Waals surface area contributed by atoms with E-state index >= 15 is 0 Å². The van der Waals surface area contributed by atoms with Gasteiger partial charge in [-0.3, -0.25) is 0 Å². The van der Waals surface area contributed by atoms with Crippen molar-refractivity contribution in [1.29, 1.82) is 0 Å². The lowest BCUT2D eigenvalue weighted by atomic mass is 10.1. The molecule has 2 aromatic rings. The van der Waals surface area contributed by atoms with Gasteiger partial charge in [-0.2, -0.15) is 0 Å². The number of hydrogen-bond acceptors (Lipinski definition) is 4. The number of rotatable bonds is 5. The Bertz CT molecular complexity index is 549. The summed E-state index contributed by atoms with van der Waals surface area (Å²) >= 11 is 0. The minimum atomic E-state index is -0.595. The molecule has 1 aromatic heterocycles. The van der Waals surface area contributed by atoms with Gasteiger partial charge in [0.25, 0.3) is 0 Å². The smallest absolute Gasteiger partial charge is 0.146 e. The Balaban J connectivity index is 2.20. The Labute approximate surface area is 112 Å². The summed E-state index contributed by atoms with van der Waals surface area (Å²) in [6, 6.07) is 5.37. The molecular formula is C14H18N2O3. The number of imidazole rings is 1. The lowest BCUT2D eigenvalue weighted by Gasteiger charge is -2.14. The normalized spacial score (nSPS) is 12.2. The molecule has 2 rings (SSSR count). The molecule has 102 valence electrons. The van der Waals surface area contributed by atoms with E-state index in [1.807, 2.05) is 17.8 Å². The summed E-state index contributed by atoms with van der Waals surface area (Å²) in [4.78, 5) is 4.19. The van der Waals surface area contributed by atoms with Crippen molar-refractivity contribution in [1.82, 2.24) is 9.55 Å². The molecule has 5 nitrogen and oxygen atoms in total. The zero-order valence-electron chi connectivity index (χ0n) is 11.3. The zero-order chi connectivity index (χ0) is 13.8. The summed E-state index contributed by atoms with van der Waals surface area (Å²) in [6.45, 7) is 2.05. The van der Waals surface area contributed by atoms with Gasteiger partial charge in [-0.05, 0) is 19.1 Å². The van der Waals surface area contributed by atoms with Crippen LogP contribution in [-0.4, -0.2) is 21.8 Å². The summed E-state index contributed by atoms with van der Waals surface area (Å²) in [5.41, 5.74) is 0.731. The van der Waals surface area contributed by atoms with E-state index in [-0.39, 0.29) is 0 Å². The molecule has 0 amide bonds. The predicted octanol–water partition coefficient (Wildman–Crippen LogP) is 2.06. The van der Waals surface area contributed by atoms with E-state index in [2.05, 4.69) is 4.98 Å². The summed E-state index contributed by atoms with van der Waals surface area (Å²) in [5.74, 6) is 2.12. The number of aliphatic hydroxyl groups excluding tert-OH is 1. The van der Waals surface area contributed by atoms with Gasteiger partial charge >= 0.3 is 0 Å². The van der Waals surface area contributed by atoms with E-state index in [4.69, 9.17) is 9.47 Å². The lowest BCUT2D eigenvalue weighted by Crippen LogP contribution is -2.05. The Hall–Kier alpha value is -2.01. The number of nitrogens with zero attached hydrogens (tertiary/aromatic N) is 2. The number of benzene rings is 1. The summed E-state index contributed by atoms with van der Waals surface area (Å²) in [7, 11) is 3.51. The van der Waals surface area contributed by atoms with Crippen molar-refractivity contribution in [3.63, 3.8) is 0 Å². The number of ether oxygens (including phenoxy) is 2. The van der Waals surface area contributed by atoms with Crippen LogP contribution >= 0.6 is 0 Å². The van der Waals surface area contributed by atoms with E-state index in [9.17, 15) is 5.11 Å². The van der Waals surface area contributed by atoms with Gasteiger partial charge in [0.05, 0.1) is 13.2 Å². The van der Waals surface area contributed by atoms with Crippen molar-refractivity contribution in [2.24, 2.45) is 7.05 Å².